The molecule has 1 heterocycles. The van der Waals surface area contributed by atoms with Crippen molar-refractivity contribution in [2.75, 3.05) is 21.0 Å². The van der Waals surface area contributed by atoms with E-state index >= 15 is 0 Å². The number of H-pyrrole nitrogens is 1. The van der Waals surface area contributed by atoms with Crippen LogP contribution in [-0.2, 0) is 4.79 Å². The predicted octanol–water partition coefficient (Wildman–Crippen LogP) is 1.45. The number of fused-ring (bicyclic) bond motifs is 1. The molecule has 0 radical (unpaired) electrons. The molecule has 0 unspecified atom stereocenters. The van der Waals surface area contributed by atoms with Gasteiger partial charge in [-0.1, -0.05) is 0 Å². The standard InChI is InChI=1S/C13H14N2O3/c1-15(2)13(17)12(16)10-7-14-11-6-8(18-3)4-5-9(10)11/h4-7,14H,1-3H3/i1D3,2D3,3D3. The van der Waals surface area contributed by atoms with Gasteiger partial charge in [0.05, 0.1) is 16.7 Å². The molecule has 2 aromatic rings. The number of nitrogens with one attached hydrogen (secondary N) is 1. The summed E-state index contributed by atoms with van der Waals surface area (Å²) in [7, 11) is -2.69. The van der Waals surface area contributed by atoms with Crippen LogP contribution in [0.1, 0.15) is 22.7 Å². The first-order valence-corrected chi connectivity index (χ1v) is 4.80. The monoisotopic (exact) mass is 255 g/mol. The van der Waals surface area contributed by atoms with Gasteiger partial charge in [0.2, 0.25) is 0 Å². The van der Waals surface area contributed by atoms with Gasteiger partial charge in [0.15, 0.2) is 0 Å². The third-order valence-electron chi connectivity index (χ3n) is 2.41. The molecule has 1 aromatic heterocycles. The Morgan fingerprint density at radius 2 is 2.22 bits per heavy atom. The molecule has 2 rings (SSSR count). The average Bonchev–Trinajstić information content (AvgIpc) is 2.84. The van der Waals surface area contributed by atoms with Crippen molar-refractivity contribution in [1.29, 1.82) is 0 Å². The molecule has 0 saturated heterocycles. The number of aromatic amines is 1. The zero-order valence-corrected chi connectivity index (χ0v) is 8.98. The molecule has 1 N–H and O–H groups in total. The number of aromatic nitrogens is 1. The maximum absolute atomic E-state index is 12.4. The van der Waals surface area contributed by atoms with E-state index in [-0.39, 0.29) is 22.2 Å². The molecule has 94 valence electrons. The molecule has 0 aliphatic carbocycles. The van der Waals surface area contributed by atoms with Crippen LogP contribution in [-0.4, -0.2) is 42.6 Å². The summed E-state index contributed by atoms with van der Waals surface area (Å²) < 4.78 is 69.2. The number of amides is 1. The van der Waals surface area contributed by atoms with Crippen LogP contribution in [0.25, 0.3) is 10.9 Å². The number of rotatable bonds is 3. The van der Waals surface area contributed by atoms with Crippen molar-refractivity contribution >= 4 is 22.6 Å². The van der Waals surface area contributed by atoms with Gasteiger partial charge < -0.3 is 14.6 Å². The Morgan fingerprint density at radius 1 is 1.39 bits per heavy atom. The van der Waals surface area contributed by atoms with E-state index in [1.165, 1.54) is 18.2 Å². The van der Waals surface area contributed by atoms with Gasteiger partial charge in [-0.2, -0.15) is 0 Å². The van der Waals surface area contributed by atoms with Crippen molar-refractivity contribution < 1.29 is 26.7 Å². The normalized spacial score (nSPS) is 19.9. The predicted molar refractivity (Wildman–Crippen MR) is 67.9 cm³/mol. The zero-order chi connectivity index (χ0) is 20.8. The van der Waals surface area contributed by atoms with Gasteiger partial charge >= 0.3 is 0 Å². The van der Waals surface area contributed by atoms with E-state index in [0.29, 0.717) is 0 Å². The Hall–Kier alpha value is -2.30. The number of methoxy groups -OCH3 is 1. The Balaban J connectivity index is 2.41. The van der Waals surface area contributed by atoms with Crippen LogP contribution in [0.2, 0.25) is 0 Å². The minimum absolute atomic E-state index is 0.0266. The second-order valence-electron chi connectivity index (χ2n) is 3.48. The van der Waals surface area contributed by atoms with Crippen LogP contribution in [0.3, 0.4) is 0 Å². The smallest absolute Gasteiger partial charge is 0.294 e. The highest BCUT2D eigenvalue weighted by Gasteiger charge is 2.21. The lowest BCUT2D eigenvalue weighted by molar-refractivity contribution is -0.124. The van der Waals surface area contributed by atoms with Gasteiger partial charge in [-0.3, -0.25) is 9.59 Å². The number of ether oxygens (including phenoxy) is 1. The minimum Gasteiger partial charge on any atom is -0.497 e. The van der Waals surface area contributed by atoms with Crippen LogP contribution in [0.15, 0.2) is 24.4 Å². The third kappa shape index (κ3) is 1.95. The number of carbonyl (C=O) groups excluding carboxylic acids is 2. The van der Waals surface area contributed by atoms with Crippen molar-refractivity contribution in [2.45, 2.75) is 0 Å². The second kappa shape index (κ2) is 4.52. The highest BCUT2D eigenvalue weighted by molar-refractivity contribution is 6.44. The van der Waals surface area contributed by atoms with E-state index in [0.717, 1.165) is 6.20 Å². The minimum atomic E-state index is -3.34. The molecule has 0 aliphatic rings. The molecule has 1 amide bonds. The summed E-state index contributed by atoms with van der Waals surface area (Å²) in [5.74, 6) is -3.07. The highest BCUT2D eigenvalue weighted by atomic mass is 16.5. The number of hydrogen-bond donors (Lipinski definition) is 1. The van der Waals surface area contributed by atoms with Crippen molar-refractivity contribution in [3.63, 3.8) is 0 Å². The first-order chi connectivity index (χ1) is 12.1. The average molecular weight is 255 g/mol. The van der Waals surface area contributed by atoms with Gasteiger partial charge in [-0.15, -0.1) is 0 Å². The number of nitrogens with zero attached hydrogens (tertiary/aromatic N) is 1. The lowest BCUT2D eigenvalue weighted by Gasteiger charge is -2.08. The molecule has 0 spiro atoms. The molecule has 0 saturated carbocycles. The number of benzene rings is 1. The van der Waals surface area contributed by atoms with Crippen molar-refractivity contribution in [1.82, 2.24) is 9.88 Å². The quantitative estimate of drug-likeness (QED) is 0.667. The zero-order valence-electron chi connectivity index (χ0n) is 18.0. The molecule has 0 atom stereocenters. The van der Waals surface area contributed by atoms with Gasteiger partial charge in [-0.25, -0.2) is 0 Å². The van der Waals surface area contributed by atoms with E-state index in [4.69, 9.17) is 17.1 Å². The maximum Gasteiger partial charge on any atom is 0.294 e. The first-order valence-electron chi connectivity index (χ1n) is 9.30. The topological polar surface area (TPSA) is 62.4 Å². The molecule has 0 fully saturated rings. The molecular weight excluding hydrogens is 232 g/mol. The number of hydrogen-bond acceptors (Lipinski definition) is 3. The fourth-order valence-corrected chi connectivity index (χ4v) is 1.57. The molecule has 18 heavy (non-hydrogen) atoms. The largest absolute Gasteiger partial charge is 0.497 e. The summed E-state index contributed by atoms with van der Waals surface area (Å²) in [5.41, 5.74) is -0.0175. The van der Waals surface area contributed by atoms with Crippen LogP contribution in [0.4, 0.5) is 0 Å². The summed E-state index contributed by atoms with van der Waals surface area (Å²) in [6.45, 7) is -6.68. The van der Waals surface area contributed by atoms with Crippen molar-refractivity contribution in [3.8, 4) is 5.75 Å². The lowest BCUT2D eigenvalue weighted by atomic mass is 10.1. The Morgan fingerprint density at radius 3 is 2.94 bits per heavy atom. The molecule has 5 nitrogen and oxygen atoms in total. The third-order valence-corrected chi connectivity index (χ3v) is 2.41. The molecular formula is C13H14N2O3. The number of Topliss-reactive ketones (excluding diaryl/α,β-unsaturated/α-hetero) is 1. The van der Waals surface area contributed by atoms with Crippen molar-refractivity contribution in [3.05, 3.63) is 30.0 Å². The van der Waals surface area contributed by atoms with Gasteiger partial charge in [0, 0.05) is 45.3 Å². The number of carbonyl (C=O) groups is 2. The molecule has 1 aromatic carbocycles. The van der Waals surface area contributed by atoms with Crippen LogP contribution < -0.4 is 4.74 Å². The van der Waals surface area contributed by atoms with E-state index < -0.39 is 37.6 Å². The van der Waals surface area contributed by atoms with Gasteiger partial charge in [0.1, 0.15) is 5.75 Å². The summed E-state index contributed by atoms with van der Waals surface area (Å²) in [6.07, 6.45) is 1.10. The van der Waals surface area contributed by atoms with Crippen LogP contribution >= 0.6 is 0 Å². The molecule has 5 heteroatoms. The summed E-state index contributed by atoms with van der Waals surface area (Å²) in [5, 5.41) is 0.169. The van der Waals surface area contributed by atoms with E-state index in [1.807, 2.05) is 0 Å². The lowest BCUT2D eigenvalue weighted by Crippen LogP contribution is -2.29. The second-order valence-corrected chi connectivity index (χ2v) is 3.48. The van der Waals surface area contributed by atoms with Crippen molar-refractivity contribution in [2.24, 2.45) is 0 Å². The van der Waals surface area contributed by atoms with Crippen LogP contribution in [0, 0.1) is 0 Å². The fourth-order valence-electron chi connectivity index (χ4n) is 1.57. The van der Waals surface area contributed by atoms with E-state index in [2.05, 4.69) is 4.98 Å². The summed E-state index contributed by atoms with van der Waals surface area (Å²) >= 11 is 0. The maximum atomic E-state index is 12.4. The Bertz CT molecular complexity index is 866. The highest BCUT2D eigenvalue weighted by Crippen LogP contribution is 2.23. The summed E-state index contributed by atoms with van der Waals surface area (Å²) in [4.78, 5) is 26.9. The molecule has 0 bridgehead atoms. The number of ketones is 1. The summed E-state index contributed by atoms with van der Waals surface area (Å²) in [6, 6.07) is 3.81. The fraction of sp³-hybridized carbons (Fsp3) is 0.231. The van der Waals surface area contributed by atoms with Gasteiger partial charge in [0.25, 0.3) is 11.7 Å². The number of likely N-dealkylation sites (N-methyl/N-ethyl adjacent to an activating group) is 1. The molecule has 0 aliphatic heterocycles. The SMILES string of the molecule is [2H]C([2H])([2H])Oc1ccc2c(C(=O)C(=O)N(C([2H])([2H])[2H])C([2H])([2H])[2H])c[nH]c2c1. The Labute approximate surface area is 117 Å². The Kier molecular flexibility index (Phi) is 1.29. The first kappa shape index (κ1) is 5.14. The van der Waals surface area contributed by atoms with E-state index in [9.17, 15) is 9.59 Å². The van der Waals surface area contributed by atoms with Crippen LogP contribution in [0.5, 0.6) is 5.75 Å². The van der Waals surface area contributed by atoms with Gasteiger partial charge in [-0.05, 0) is 12.1 Å². The van der Waals surface area contributed by atoms with E-state index in [1.54, 1.807) is 0 Å².